The molecule has 0 bridgehead atoms. The zero-order valence-corrected chi connectivity index (χ0v) is 16.0. The van der Waals surface area contributed by atoms with E-state index in [2.05, 4.69) is 65.5 Å². The maximum absolute atomic E-state index is 5.67. The molecule has 5 nitrogen and oxygen atoms in total. The highest BCUT2D eigenvalue weighted by Gasteiger charge is 2.24. The van der Waals surface area contributed by atoms with E-state index < -0.39 is 0 Å². The molecular weight excluding hydrogens is 330 g/mol. The van der Waals surface area contributed by atoms with Crippen molar-refractivity contribution in [3.8, 4) is 5.69 Å². The van der Waals surface area contributed by atoms with Crippen LogP contribution in [0, 0.1) is 5.92 Å². The van der Waals surface area contributed by atoms with Crippen LogP contribution in [0.2, 0.25) is 0 Å². The highest BCUT2D eigenvalue weighted by atomic mass is 32.1. The second-order valence-corrected chi connectivity index (χ2v) is 7.42. The van der Waals surface area contributed by atoms with Crippen LogP contribution in [0.1, 0.15) is 51.1 Å². The molecule has 1 saturated carbocycles. The van der Waals surface area contributed by atoms with E-state index in [1.807, 2.05) is 0 Å². The van der Waals surface area contributed by atoms with E-state index in [4.69, 9.17) is 12.2 Å². The van der Waals surface area contributed by atoms with Crippen molar-refractivity contribution in [2.45, 2.75) is 51.6 Å². The van der Waals surface area contributed by atoms with Crippen molar-refractivity contribution < 1.29 is 0 Å². The number of aromatic nitrogens is 3. The number of rotatable bonds is 4. The molecule has 134 valence electrons. The topological polar surface area (TPSA) is 46.0 Å². The Hall–Kier alpha value is -1.95. The summed E-state index contributed by atoms with van der Waals surface area (Å²) in [6.07, 6.45) is 8.40. The minimum atomic E-state index is 0.212. The van der Waals surface area contributed by atoms with Crippen LogP contribution in [-0.4, -0.2) is 37.9 Å². The lowest BCUT2D eigenvalue weighted by Gasteiger charge is -2.35. The maximum Gasteiger partial charge on any atom is 0.169 e. The van der Waals surface area contributed by atoms with E-state index in [1.165, 1.54) is 31.2 Å². The monoisotopic (exact) mass is 357 g/mol. The van der Waals surface area contributed by atoms with Crippen LogP contribution in [0.25, 0.3) is 5.69 Å². The number of thiocarbonyl (C=S) groups is 1. The molecule has 1 fully saturated rings. The van der Waals surface area contributed by atoms with Crippen molar-refractivity contribution in [3.63, 3.8) is 0 Å². The van der Waals surface area contributed by atoms with E-state index >= 15 is 0 Å². The molecule has 3 rings (SSSR count). The van der Waals surface area contributed by atoms with Gasteiger partial charge in [0, 0.05) is 13.1 Å². The van der Waals surface area contributed by atoms with Gasteiger partial charge in [-0.1, -0.05) is 31.9 Å². The number of hydrogen-bond acceptors (Lipinski definition) is 3. The summed E-state index contributed by atoms with van der Waals surface area (Å²) in [6.45, 7) is 4.51. The summed E-state index contributed by atoms with van der Waals surface area (Å²) >= 11 is 5.67. The maximum atomic E-state index is 5.67. The fourth-order valence-corrected chi connectivity index (χ4v) is 3.75. The van der Waals surface area contributed by atoms with Gasteiger partial charge < -0.3 is 10.2 Å². The SMILES string of the molecule is C[C@H]1CCCC[C@@H]1NC(=S)N(C)[C@@H](C)c1ccc(-n2cncn2)cc1. The number of hydrogen-bond donors (Lipinski definition) is 1. The van der Waals surface area contributed by atoms with Crippen molar-refractivity contribution in [3.05, 3.63) is 42.5 Å². The lowest BCUT2D eigenvalue weighted by molar-refractivity contribution is 0.294. The van der Waals surface area contributed by atoms with Crippen molar-refractivity contribution in [2.75, 3.05) is 7.05 Å². The molecule has 1 aromatic heterocycles. The summed E-state index contributed by atoms with van der Waals surface area (Å²) in [6, 6.07) is 9.10. The lowest BCUT2D eigenvalue weighted by atomic mass is 9.86. The van der Waals surface area contributed by atoms with Crippen molar-refractivity contribution >= 4 is 17.3 Å². The van der Waals surface area contributed by atoms with Gasteiger partial charge in [-0.05, 0) is 55.6 Å². The molecule has 1 N–H and O–H groups in total. The van der Waals surface area contributed by atoms with Crippen LogP contribution < -0.4 is 5.32 Å². The fraction of sp³-hybridized carbons (Fsp3) is 0.526. The molecule has 0 radical (unpaired) electrons. The van der Waals surface area contributed by atoms with Gasteiger partial charge in [-0.15, -0.1) is 0 Å². The molecule has 25 heavy (non-hydrogen) atoms. The molecule has 3 atom stereocenters. The first-order valence-corrected chi connectivity index (χ1v) is 9.45. The van der Waals surface area contributed by atoms with Crippen LogP contribution in [0.5, 0.6) is 0 Å². The van der Waals surface area contributed by atoms with Crippen molar-refractivity contribution in [1.29, 1.82) is 0 Å². The van der Waals surface area contributed by atoms with Gasteiger partial charge in [-0.3, -0.25) is 0 Å². The minimum Gasteiger partial charge on any atom is -0.360 e. The highest BCUT2D eigenvalue weighted by molar-refractivity contribution is 7.80. The Morgan fingerprint density at radius 2 is 2.00 bits per heavy atom. The quantitative estimate of drug-likeness (QED) is 0.845. The molecule has 0 amide bonds. The zero-order chi connectivity index (χ0) is 17.8. The molecular formula is C19H27N5S. The van der Waals surface area contributed by atoms with Gasteiger partial charge in [-0.2, -0.15) is 5.10 Å². The number of nitrogens with one attached hydrogen (secondary N) is 1. The average Bonchev–Trinajstić information content (AvgIpc) is 3.17. The van der Waals surface area contributed by atoms with Gasteiger partial charge in [-0.25, -0.2) is 9.67 Å². The van der Waals surface area contributed by atoms with Crippen LogP contribution in [0.4, 0.5) is 0 Å². The van der Waals surface area contributed by atoms with E-state index in [0.717, 1.165) is 10.8 Å². The van der Waals surface area contributed by atoms with Crippen molar-refractivity contribution in [2.24, 2.45) is 5.92 Å². The van der Waals surface area contributed by atoms with Gasteiger partial charge >= 0.3 is 0 Å². The summed E-state index contributed by atoms with van der Waals surface area (Å²) in [5.74, 6) is 0.692. The van der Waals surface area contributed by atoms with Gasteiger partial charge in [0.25, 0.3) is 0 Å². The molecule has 6 heteroatoms. The first-order chi connectivity index (χ1) is 12.1. The second kappa shape index (κ2) is 7.95. The van der Waals surface area contributed by atoms with E-state index in [9.17, 15) is 0 Å². The van der Waals surface area contributed by atoms with E-state index in [-0.39, 0.29) is 6.04 Å². The van der Waals surface area contributed by atoms with Crippen LogP contribution in [0.3, 0.4) is 0 Å². The van der Waals surface area contributed by atoms with Gasteiger partial charge in [0.05, 0.1) is 11.7 Å². The number of nitrogens with zero attached hydrogens (tertiary/aromatic N) is 4. The normalized spacial score (nSPS) is 21.6. The third-order valence-electron chi connectivity index (χ3n) is 5.38. The van der Waals surface area contributed by atoms with Gasteiger partial charge in [0.15, 0.2) is 5.11 Å². The Morgan fingerprint density at radius 1 is 1.28 bits per heavy atom. The largest absolute Gasteiger partial charge is 0.360 e. The Labute approximate surface area is 155 Å². The first kappa shape index (κ1) is 17.9. The number of benzene rings is 1. The Morgan fingerprint density at radius 3 is 2.64 bits per heavy atom. The van der Waals surface area contributed by atoms with Crippen LogP contribution in [0.15, 0.2) is 36.9 Å². The third kappa shape index (κ3) is 4.18. The fourth-order valence-electron chi connectivity index (χ4n) is 3.44. The van der Waals surface area contributed by atoms with Crippen LogP contribution >= 0.6 is 12.2 Å². The summed E-state index contributed by atoms with van der Waals surface area (Å²) in [5, 5.41) is 8.59. The van der Waals surface area contributed by atoms with Crippen molar-refractivity contribution in [1.82, 2.24) is 25.0 Å². The predicted molar refractivity (Wildman–Crippen MR) is 105 cm³/mol. The summed E-state index contributed by atoms with van der Waals surface area (Å²) in [4.78, 5) is 6.14. The highest BCUT2D eigenvalue weighted by Crippen LogP contribution is 2.25. The van der Waals surface area contributed by atoms with E-state index in [0.29, 0.717) is 12.0 Å². The third-order valence-corrected chi connectivity index (χ3v) is 5.79. The molecule has 1 aliphatic rings. The Bertz CT molecular complexity index is 682. The second-order valence-electron chi connectivity index (χ2n) is 7.04. The van der Waals surface area contributed by atoms with E-state index in [1.54, 1.807) is 17.3 Å². The lowest BCUT2D eigenvalue weighted by Crippen LogP contribution is -2.47. The minimum absolute atomic E-state index is 0.212. The Kier molecular flexibility index (Phi) is 5.68. The molecule has 0 unspecified atom stereocenters. The predicted octanol–water partition coefficient (Wildman–Crippen LogP) is 3.71. The molecule has 1 aliphatic carbocycles. The van der Waals surface area contributed by atoms with Gasteiger partial charge in [0.1, 0.15) is 12.7 Å². The summed E-state index contributed by atoms with van der Waals surface area (Å²) < 4.78 is 1.76. The molecule has 1 heterocycles. The molecule has 0 aliphatic heterocycles. The standard InChI is InChI=1S/C19H27N5S/c1-14-6-4-5-7-18(14)22-19(25)23(3)15(2)16-8-10-17(11-9-16)24-13-20-12-21-24/h8-15,18H,4-7H2,1-3H3,(H,22,25)/t14-,15-,18-/m0/s1. The molecule has 2 aromatic rings. The van der Waals surface area contributed by atoms with Gasteiger partial charge in [0.2, 0.25) is 0 Å². The zero-order valence-electron chi connectivity index (χ0n) is 15.2. The smallest absolute Gasteiger partial charge is 0.169 e. The Balaban J connectivity index is 1.63. The summed E-state index contributed by atoms with van der Waals surface area (Å²) in [5.41, 5.74) is 2.24. The molecule has 0 spiro atoms. The first-order valence-electron chi connectivity index (χ1n) is 9.04. The average molecular weight is 358 g/mol. The molecule has 1 aromatic carbocycles. The van der Waals surface area contributed by atoms with Crippen LogP contribution in [-0.2, 0) is 0 Å². The molecule has 0 saturated heterocycles. The summed E-state index contributed by atoms with van der Waals surface area (Å²) in [7, 11) is 2.07.